The van der Waals surface area contributed by atoms with Crippen LogP contribution in [0, 0.1) is 0 Å². The Morgan fingerprint density at radius 1 is 0.875 bits per heavy atom. The molecule has 1 saturated heterocycles. The Hall–Kier alpha value is -2.89. The van der Waals surface area contributed by atoms with Crippen LogP contribution in [0.2, 0.25) is 0 Å². The zero-order valence-corrected chi connectivity index (χ0v) is 13.4. The number of hydrogen-bond donors (Lipinski definition) is 1. The number of pyridine rings is 1. The van der Waals surface area contributed by atoms with Crippen molar-refractivity contribution in [3.8, 4) is 0 Å². The highest BCUT2D eigenvalue weighted by molar-refractivity contribution is 5.94. The summed E-state index contributed by atoms with van der Waals surface area (Å²) in [5.74, 6) is -0.0114. The number of carbonyl (C=O) groups excluding carboxylic acids is 2. The van der Waals surface area contributed by atoms with E-state index in [1.54, 1.807) is 34.3 Å². The van der Waals surface area contributed by atoms with Crippen molar-refractivity contribution in [3.05, 3.63) is 60.4 Å². The van der Waals surface area contributed by atoms with Gasteiger partial charge >= 0.3 is 6.03 Å². The number of anilines is 1. The Morgan fingerprint density at radius 2 is 1.54 bits per heavy atom. The maximum absolute atomic E-state index is 12.5. The Kier molecular flexibility index (Phi) is 5.05. The fourth-order valence-corrected chi connectivity index (χ4v) is 2.72. The van der Waals surface area contributed by atoms with Crippen molar-refractivity contribution in [2.45, 2.75) is 6.42 Å². The van der Waals surface area contributed by atoms with Crippen LogP contribution in [0.5, 0.6) is 0 Å². The van der Waals surface area contributed by atoms with Crippen molar-refractivity contribution < 1.29 is 9.59 Å². The van der Waals surface area contributed by atoms with Crippen LogP contribution in [0.15, 0.2) is 54.9 Å². The first-order valence-electron chi connectivity index (χ1n) is 8.04. The van der Waals surface area contributed by atoms with Gasteiger partial charge in [0.15, 0.2) is 0 Å². The molecule has 3 amide bonds. The van der Waals surface area contributed by atoms with Crippen LogP contribution in [-0.4, -0.2) is 52.9 Å². The van der Waals surface area contributed by atoms with Crippen LogP contribution in [0.3, 0.4) is 0 Å². The average Bonchev–Trinajstić information content (AvgIpc) is 2.89. The van der Waals surface area contributed by atoms with Gasteiger partial charge in [0, 0.05) is 49.8 Å². The summed E-state index contributed by atoms with van der Waals surface area (Å²) in [4.78, 5) is 32.4. The highest BCUT2D eigenvalue weighted by Crippen LogP contribution is 2.11. The fraction of sp³-hybridized carbons (Fsp3) is 0.278. The van der Waals surface area contributed by atoms with Gasteiger partial charge in [-0.2, -0.15) is 0 Å². The van der Waals surface area contributed by atoms with Crippen LogP contribution in [0.1, 0.15) is 16.8 Å². The minimum absolute atomic E-state index is 0.0114. The predicted molar refractivity (Wildman–Crippen MR) is 91.8 cm³/mol. The molecule has 0 unspecified atom stereocenters. The number of rotatable bonds is 2. The molecule has 0 aliphatic carbocycles. The van der Waals surface area contributed by atoms with Crippen molar-refractivity contribution in [1.29, 1.82) is 0 Å². The molecule has 0 spiro atoms. The van der Waals surface area contributed by atoms with Gasteiger partial charge in [-0.3, -0.25) is 9.78 Å². The molecule has 1 aromatic carbocycles. The van der Waals surface area contributed by atoms with E-state index in [2.05, 4.69) is 10.3 Å². The Morgan fingerprint density at radius 3 is 2.29 bits per heavy atom. The number of nitrogens with one attached hydrogen (secondary N) is 1. The molecule has 6 nitrogen and oxygen atoms in total. The van der Waals surface area contributed by atoms with Gasteiger partial charge < -0.3 is 15.1 Å². The molecular formula is C18H20N4O2. The zero-order valence-electron chi connectivity index (χ0n) is 13.4. The number of benzene rings is 1. The number of nitrogens with zero attached hydrogens (tertiary/aromatic N) is 3. The molecule has 124 valence electrons. The Bertz CT molecular complexity index is 691. The minimum atomic E-state index is -0.126. The molecule has 0 bridgehead atoms. The summed E-state index contributed by atoms with van der Waals surface area (Å²) in [6.45, 7) is 2.34. The Balaban J connectivity index is 1.59. The van der Waals surface area contributed by atoms with E-state index in [1.807, 2.05) is 30.3 Å². The van der Waals surface area contributed by atoms with Gasteiger partial charge in [0.05, 0.1) is 0 Å². The highest BCUT2D eigenvalue weighted by Gasteiger charge is 2.22. The first kappa shape index (κ1) is 16.0. The normalized spacial score (nSPS) is 14.8. The van der Waals surface area contributed by atoms with E-state index < -0.39 is 0 Å². The van der Waals surface area contributed by atoms with Gasteiger partial charge in [0.2, 0.25) is 0 Å². The Labute approximate surface area is 141 Å². The van der Waals surface area contributed by atoms with E-state index >= 15 is 0 Å². The summed E-state index contributed by atoms with van der Waals surface area (Å²) >= 11 is 0. The molecule has 1 aliphatic rings. The molecule has 1 aliphatic heterocycles. The standard InChI is InChI=1S/C18H20N4O2/c23-17(15-7-9-19-10-8-15)21-11-4-12-22(14-13-21)18(24)20-16-5-2-1-3-6-16/h1-3,5-10H,4,11-14H2,(H,20,24). The first-order valence-corrected chi connectivity index (χ1v) is 8.04. The average molecular weight is 324 g/mol. The number of aromatic nitrogens is 1. The molecule has 0 atom stereocenters. The summed E-state index contributed by atoms with van der Waals surface area (Å²) in [6, 6.07) is 12.7. The summed E-state index contributed by atoms with van der Waals surface area (Å²) in [7, 11) is 0. The molecular weight excluding hydrogens is 304 g/mol. The molecule has 0 saturated carbocycles. The SMILES string of the molecule is O=C(Nc1ccccc1)N1CCCN(C(=O)c2ccncc2)CC1. The topological polar surface area (TPSA) is 65.5 Å². The highest BCUT2D eigenvalue weighted by atomic mass is 16.2. The van der Waals surface area contributed by atoms with Crippen molar-refractivity contribution in [3.63, 3.8) is 0 Å². The second kappa shape index (κ2) is 7.59. The third-order valence-electron chi connectivity index (χ3n) is 4.02. The molecule has 6 heteroatoms. The van der Waals surface area contributed by atoms with Crippen LogP contribution in [0.25, 0.3) is 0 Å². The number of urea groups is 1. The van der Waals surface area contributed by atoms with E-state index in [1.165, 1.54) is 0 Å². The summed E-state index contributed by atoms with van der Waals surface area (Å²) in [5, 5.41) is 2.89. The molecule has 1 aromatic heterocycles. The molecule has 24 heavy (non-hydrogen) atoms. The molecule has 3 rings (SSSR count). The molecule has 1 N–H and O–H groups in total. The quantitative estimate of drug-likeness (QED) is 0.923. The van der Waals surface area contributed by atoms with E-state index in [-0.39, 0.29) is 11.9 Å². The second-order valence-corrected chi connectivity index (χ2v) is 5.66. The van der Waals surface area contributed by atoms with Gasteiger partial charge in [0.25, 0.3) is 5.91 Å². The monoisotopic (exact) mass is 324 g/mol. The van der Waals surface area contributed by atoms with E-state index in [4.69, 9.17) is 0 Å². The minimum Gasteiger partial charge on any atom is -0.337 e. The van der Waals surface area contributed by atoms with E-state index in [9.17, 15) is 9.59 Å². The first-order chi connectivity index (χ1) is 11.7. The smallest absolute Gasteiger partial charge is 0.321 e. The van der Waals surface area contributed by atoms with Gasteiger partial charge in [-0.25, -0.2) is 4.79 Å². The summed E-state index contributed by atoms with van der Waals surface area (Å²) in [5.41, 5.74) is 1.41. The third-order valence-corrected chi connectivity index (χ3v) is 4.02. The van der Waals surface area contributed by atoms with E-state index in [0.717, 1.165) is 12.1 Å². The lowest BCUT2D eigenvalue weighted by Crippen LogP contribution is -2.39. The lowest BCUT2D eigenvalue weighted by atomic mass is 10.2. The van der Waals surface area contributed by atoms with Crippen LogP contribution >= 0.6 is 0 Å². The van der Waals surface area contributed by atoms with Crippen LogP contribution < -0.4 is 5.32 Å². The van der Waals surface area contributed by atoms with Gasteiger partial charge in [0.1, 0.15) is 0 Å². The molecule has 1 fully saturated rings. The van der Waals surface area contributed by atoms with Gasteiger partial charge in [-0.1, -0.05) is 18.2 Å². The van der Waals surface area contributed by atoms with E-state index in [0.29, 0.717) is 31.7 Å². The van der Waals surface area contributed by atoms with Crippen molar-refractivity contribution in [2.24, 2.45) is 0 Å². The number of amides is 3. The molecule has 2 heterocycles. The number of carbonyl (C=O) groups is 2. The largest absolute Gasteiger partial charge is 0.337 e. The second-order valence-electron chi connectivity index (χ2n) is 5.66. The molecule has 2 aromatic rings. The lowest BCUT2D eigenvalue weighted by molar-refractivity contribution is 0.0762. The number of para-hydroxylation sites is 1. The maximum atomic E-state index is 12.5. The third kappa shape index (κ3) is 3.90. The zero-order chi connectivity index (χ0) is 16.8. The summed E-state index contributed by atoms with van der Waals surface area (Å²) < 4.78 is 0. The maximum Gasteiger partial charge on any atom is 0.321 e. The summed E-state index contributed by atoms with van der Waals surface area (Å²) in [6.07, 6.45) is 3.99. The lowest BCUT2D eigenvalue weighted by Gasteiger charge is -2.22. The van der Waals surface area contributed by atoms with Crippen molar-refractivity contribution in [1.82, 2.24) is 14.8 Å². The van der Waals surface area contributed by atoms with Gasteiger partial charge in [-0.05, 0) is 30.7 Å². The fourth-order valence-electron chi connectivity index (χ4n) is 2.72. The number of hydrogen-bond acceptors (Lipinski definition) is 3. The molecule has 0 radical (unpaired) electrons. The van der Waals surface area contributed by atoms with Gasteiger partial charge in [-0.15, -0.1) is 0 Å². The van der Waals surface area contributed by atoms with Crippen molar-refractivity contribution in [2.75, 3.05) is 31.5 Å². The predicted octanol–water partition coefficient (Wildman–Crippen LogP) is 2.46. The van der Waals surface area contributed by atoms with Crippen molar-refractivity contribution >= 4 is 17.6 Å². The van der Waals surface area contributed by atoms with Crippen LogP contribution in [0.4, 0.5) is 10.5 Å². The van der Waals surface area contributed by atoms with Crippen LogP contribution in [-0.2, 0) is 0 Å².